The third-order valence-corrected chi connectivity index (χ3v) is 2.50. The van der Waals surface area contributed by atoms with Crippen LogP contribution in [-0.2, 0) is 13.6 Å². The van der Waals surface area contributed by atoms with Crippen LogP contribution in [0.5, 0.6) is 0 Å². The highest BCUT2D eigenvalue weighted by Crippen LogP contribution is 2.10. The zero-order valence-corrected chi connectivity index (χ0v) is 11.0. The molecule has 1 aromatic rings. The predicted octanol–water partition coefficient (Wildman–Crippen LogP) is 0.137. The first-order valence-electron chi connectivity index (χ1n) is 5.55. The van der Waals surface area contributed by atoms with Gasteiger partial charge in [-0.05, 0) is 14.1 Å². The Morgan fingerprint density at radius 1 is 1.31 bits per heavy atom. The van der Waals surface area contributed by atoms with E-state index in [1.165, 1.54) is 5.69 Å². The molecule has 1 rings (SSSR count). The Bertz CT molecular complexity index is 316. The van der Waals surface area contributed by atoms with Crippen LogP contribution in [0.1, 0.15) is 5.69 Å². The molecular formula is C11H23N5. The average Bonchev–Trinajstić information content (AvgIpc) is 2.54. The van der Waals surface area contributed by atoms with E-state index in [0.29, 0.717) is 0 Å². The normalized spacial score (nSPS) is 11.1. The van der Waals surface area contributed by atoms with E-state index in [-0.39, 0.29) is 0 Å². The highest BCUT2D eigenvalue weighted by Gasteiger charge is 2.06. The quantitative estimate of drug-likeness (QED) is 0.699. The molecule has 0 aliphatic heterocycles. The summed E-state index contributed by atoms with van der Waals surface area (Å²) in [6, 6.07) is 0. The Balaban J connectivity index is 2.43. The first-order chi connectivity index (χ1) is 7.52. The van der Waals surface area contributed by atoms with E-state index in [9.17, 15) is 0 Å². The van der Waals surface area contributed by atoms with Gasteiger partial charge in [-0.2, -0.15) is 0 Å². The van der Waals surface area contributed by atoms with Crippen LogP contribution in [0, 0.1) is 0 Å². The summed E-state index contributed by atoms with van der Waals surface area (Å²) in [5, 5.41) is 3.41. The lowest BCUT2D eigenvalue weighted by Gasteiger charge is -2.13. The molecule has 0 fully saturated rings. The zero-order valence-electron chi connectivity index (χ0n) is 11.0. The number of likely N-dealkylation sites (N-methyl/N-ethyl adjacent to an activating group) is 1. The molecule has 0 saturated carbocycles. The highest BCUT2D eigenvalue weighted by molar-refractivity contribution is 5.30. The van der Waals surface area contributed by atoms with E-state index < -0.39 is 0 Å². The maximum Gasteiger partial charge on any atom is 0.204 e. The predicted molar refractivity (Wildman–Crippen MR) is 67.8 cm³/mol. The molecule has 0 aromatic carbocycles. The topological polar surface area (TPSA) is 36.3 Å². The lowest BCUT2D eigenvalue weighted by atomic mass is 10.4. The number of rotatable bonds is 6. The molecule has 0 bridgehead atoms. The van der Waals surface area contributed by atoms with Gasteiger partial charge in [-0.15, -0.1) is 0 Å². The van der Waals surface area contributed by atoms with Gasteiger partial charge in [0.1, 0.15) is 0 Å². The van der Waals surface area contributed by atoms with E-state index >= 15 is 0 Å². The average molecular weight is 225 g/mol. The van der Waals surface area contributed by atoms with Crippen LogP contribution in [0.4, 0.5) is 5.95 Å². The number of nitrogens with one attached hydrogen (secondary N) is 1. The third kappa shape index (κ3) is 3.50. The summed E-state index contributed by atoms with van der Waals surface area (Å²) in [5.41, 5.74) is 1.21. The van der Waals surface area contributed by atoms with E-state index in [4.69, 9.17) is 0 Å². The molecule has 1 heterocycles. The molecule has 0 aliphatic carbocycles. The standard InChI is InChI=1S/C11H23N5/c1-14(2)7-6-12-8-10-9-13-11(15(3)4)16(10)5/h9,12H,6-8H2,1-5H3. The number of anilines is 1. The molecule has 1 N–H and O–H groups in total. The minimum atomic E-state index is 0.866. The van der Waals surface area contributed by atoms with Crippen LogP contribution < -0.4 is 10.2 Å². The monoisotopic (exact) mass is 225 g/mol. The fraction of sp³-hybridized carbons (Fsp3) is 0.727. The number of hydrogen-bond acceptors (Lipinski definition) is 4. The van der Waals surface area contributed by atoms with E-state index in [1.54, 1.807) is 0 Å². The van der Waals surface area contributed by atoms with Gasteiger partial charge in [0.05, 0.1) is 11.9 Å². The summed E-state index contributed by atoms with van der Waals surface area (Å²) in [6.07, 6.45) is 1.93. The number of nitrogens with zero attached hydrogens (tertiary/aromatic N) is 4. The van der Waals surface area contributed by atoms with Gasteiger partial charge in [-0.25, -0.2) is 4.98 Å². The van der Waals surface area contributed by atoms with Crippen LogP contribution >= 0.6 is 0 Å². The Labute approximate surface area is 98.1 Å². The van der Waals surface area contributed by atoms with Crippen LogP contribution in [0.25, 0.3) is 0 Å². The minimum Gasteiger partial charge on any atom is -0.348 e. The Kier molecular flexibility index (Phi) is 4.76. The van der Waals surface area contributed by atoms with E-state index in [2.05, 4.69) is 33.9 Å². The van der Waals surface area contributed by atoms with Crippen LogP contribution in [0.3, 0.4) is 0 Å². The third-order valence-electron chi connectivity index (χ3n) is 2.50. The summed E-state index contributed by atoms with van der Waals surface area (Å²) in [4.78, 5) is 8.55. The van der Waals surface area contributed by atoms with Crippen molar-refractivity contribution in [1.29, 1.82) is 0 Å². The number of imidazole rings is 1. The molecule has 0 saturated heterocycles. The van der Waals surface area contributed by atoms with Gasteiger partial charge < -0.3 is 19.7 Å². The molecule has 0 radical (unpaired) electrons. The van der Waals surface area contributed by atoms with Crippen LogP contribution in [0.15, 0.2) is 6.20 Å². The maximum atomic E-state index is 4.37. The molecular weight excluding hydrogens is 202 g/mol. The van der Waals surface area contributed by atoms with Crippen molar-refractivity contribution in [3.05, 3.63) is 11.9 Å². The molecule has 0 unspecified atom stereocenters. The van der Waals surface area contributed by atoms with Crippen LogP contribution in [0.2, 0.25) is 0 Å². The largest absolute Gasteiger partial charge is 0.348 e. The van der Waals surface area contributed by atoms with Gasteiger partial charge in [0.15, 0.2) is 0 Å². The summed E-state index contributed by atoms with van der Waals surface area (Å²) < 4.78 is 2.11. The van der Waals surface area contributed by atoms with Gasteiger partial charge in [0.25, 0.3) is 0 Å². The molecule has 0 amide bonds. The number of hydrogen-bond donors (Lipinski definition) is 1. The molecule has 5 nitrogen and oxygen atoms in total. The van der Waals surface area contributed by atoms with Crippen molar-refractivity contribution >= 4 is 5.95 Å². The van der Waals surface area contributed by atoms with Gasteiger partial charge in [0.2, 0.25) is 5.95 Å². The molecule has 0 atom stereocenters. The van der Waals surface area contributed by atoms with Crippen molar-refractivity contribution in [3.63, 3.8) is 0 Å². The van der Waals surface area contributed by atoms with Gasteiger partial charge in [-0.1, -0.05) is 0 Å². The second kappa shape index (κ2) is 5.86. The Morgan fingerprint density at radius 2 is 2.00 bits per heavy atom. The SMILES string of the molecule is CN(C)CCNCc1cnc(N(C)C)n1C. The molecule has 92 valence electrons. The molecule has 1 aromatic heterocycles. The van der Waals surface area contributed by atoms with Gasteiger partial charge in [-0.3, -0.25) is 0 Å². The van der Waals surface area contributed by atoms with E-state index in [1.807, 2.05) is 32.2 Å². The first kappa shape index (κ1) is 13.0. The van der Waals surface area contributed by atoms with Gasteiger partial charge >= 0.3 is 0 Å². The second-order valence-corrected chi connectivity index (χ2v) is 4.48. The minimum absolute atomic E-state index is 0.866. The van der Waals surface area contributed by atoms with Crippen molar-refractivity contribution in [2.24, 2.45) is 7.05 Å². The lowest BCUT2D eigenvalue weighted by Crippen LogP contribution is -2.27. The summed E-state index contributed by atoms with van der Waals surface area (Å²) in [6.45, 7) is 2.92. The van der Waals surface area contributed by atoms with Crippen molar-refractivity contribution in [2.45, 2.75) is 6.54 Å². The summed E-state index contributed by atoms with van der Waals surface area (Å²) in [7, 11) is 10.2. The number of aromatic nitrogens is 2. The molecule has 16 heavy (non-hydrogen) atoms. The van der Waals surface area contributed by atoms with Crippen molar-refractivity contribution in [3.8, 4) is 0 Å². The lowest BCUT2D eigenvalue weighted by molar-refractivity contribution is 0.399. The van der Waals surface area contributed by atoms with Gasteiger partial charge in [0, 0.05) is 40.8 Å². The first-order valence-corrected chi connectivity index (χ1v) is 5.55. The summed E-state index contributed by atoms with van der Waals surface area (Å²) >= 11 is 0. The fourth-order valence-corrected chi connectivity index (χ4v) is 1.53. The molecule has 0 aliphatic rings. The van der Waals surface area contributed by atoms with E-state index in [0.717, 1.165) is 25.6 Å². The fourth-order valence-electron chi connectivity index (χ4n) is 1.53. The zero-order chi connectivity index (χ0) is 12.1. The van der Waals surface area contributed by atoms with Crippen molar-refractivity contribution in [2.75, 3.05) is 46.2 Å². The summed E-state index contributed by atoms with van der Waals surface area (Å²) in [5.74, 6) is 0.990. The molecule has 5 heteroatoms. The van der Waals surface area contributed by atoms with Crippen molar-refractivity contribution < 1.29 is 0 Å². The van der Waals surface area contributed by atoms with Crippen LogP contribution in [-0.4, -0.2) is 55.7 Å². The molecule has 0 spiro atoms. The smallest absolute Gasteiger partial charge is 0.204 e. The Morgan fingerprint density at radius 3 is 2.50 bits per heavy atom. The highest BCUT2D eigenvalue weighted by atomic mass is 15.3. The second-order valence-electron chi connectivity index (χ2n) is 4.48. The van der Waals surface area contributed by atoms with Crippen molar-refractivity contribution in [1.82, 2.24) is 19.8 Å². The Hall–Kier alpha value is -1.07. The maximum absolute atomic E-state index is 4.37.